The van der Waals surface area contributed by atoms with Gasteiger partial charge < -0.3 is 15.3 Å². The summed E-state index contributed by atoms with van der Waals surface area (Å²) in [5.74, 6) is -0.283. The van der Waals surface area contributed by atoms with E-state index in [1.54, 1.807) is 30.3 Å². The standard InChI is InChI=1S/C14H14O3/c1-2-9-7-8-12(16)14(17)13(9)10-5-3-4-6-11(10)15/h3-8,15-17H,2H2,1H3. The van der Waals surface area contributed by atoms with Crippen LogP contribution in [-0.4, -0.2) is 15.3 Å². The van der Waals surface area contributed by atoms with Crippen LogP contribution >= 0.6 is 0 Å². The first-order valence-corrected chi connectivity index (χ1v) is 5.47. The minimum atomic E-state index is -0.189. The van der Waals surface area contributed by atoms with Crippen molar-refractivity contribution in [2.24, 2.45) is 0 Å². The first-order chi connectivity index (χ1) is 8.15. The Hall–Kier alpha value is -2.16. The molecule has 0 saturated carbocycles. The average molecular weight is 230 g/mol. The molecule has 0 saturated heterocycles. The summed E-state index contributed by atoms with van der Waals surface area (Å²) in [7, 11) is 0. The molecule has 17 heavy (non-hydrogen) atoms. The Kier molecular flexibility index (Phi) is 2.91. The third-order valence-electron chi connectivity index (χ3n) is 2.80. The number of aryl methyl sites for hydroxylation is 1. The SMILES string of the molecule is CCc1ccc(O)c(O)c1-c1ccccc1O. The zero-order valence-electron chi connectivity index (χ0n) is 9.51. The van der Waals surface area contributed by atoms with Crippen LogP contribution in [0, 0.1) is 0 Å². The maximum Gasteiger partial charge on any atom is 0.165 e. The van der Waals surface area contributed by atoms with Crippen LogP contribution in [-0.2, 0) is 6.42 Å². The zero-order chi connectivity index (χ0) is 12.4. The third-order valence-corrected chi connectivity index (χ3v) is 2.80. The van der Waals surface area contributed by atoms with E-state index in [0.717, 1.165) is 5.56 Å². The van der Waals surface area contributed by atoms with Gasteiger partial charge in [-0.3, -0.25) is 0 Å². The largest absolute Gasteiger partial charge is 0.507 e. The number of aromatic hydroxyl groups is 3. The maximum absolute atomic E-state index is 9.93. The van der Waals surface area contributed by atoms with Crippen LogP contribution in [0.25, 0.3) is 11.1 Å². The van der Waals surface area contributed by atoms with Gasteiger partial charge >= 0.3 is 0 Å². The minimum absolute atomic E-state index is 0.0862. The quantitative estimate of drug-likeness (QED) is 0.695. The number of rotatable bonds is 2. The molecule has 2 aromatic carbocycles. The second-order valence-electron chi connectivity index (χ2n) is 3.84. The highest BCUT2D eigenvalue weighted by atomic mass is 16.3. The Balaban J connectivity index is 2.74. The van der Waals surface area contributed by atoms with Crippen molar-refractivity contribution in [1.82, 2.24) is 0 Å². The van der Waals surface area contributed by atoms with Crippen molar-refractivity contribution >= 4 is 0 Å². The van der Waals surface area contributed by atoms with E-state index in [9.17, 15) is 15.3 Å². The highest BCUT2D eigenvalue weighted by Crippen LogP contribution is 2.42. The van der Waals surface area contributed by atoms with Gasteiger partial charge in [0.1, 0.15) is 5.75 Å². The van der Waals surface area contributed by atoms with Crippen LogP contribution in [0.4, 0.5) is 0 Å². The van der Waals surface area contributed by atoms with Crippen LogP contribution in [0.1, 0.15) is 12.5 Å². The Morgan fingerprint density at radius 3 is 2.24 bits per heavy atom. The Labute approximate surface area is 99.6 Å². The van der Waals surface area contributed by atoms with Gasteiger partial charge in [-0.15, -0.1) is 0 Å². The predicted octanol–water partition coefficient (Wildman–Crippen LogP) is 3.03. The van der Waals surface area contributed by atoms with Crippen molar-refractivity contribution in [3.8, 4) is 28.4 Å². The topological polar surface area (TPSA) is 60.7 Å². The molecular formula is C14H14O3. The van der Waals surface area contributed by atoms with E-state index < -0.39 is 0 Å². The van der Waals surface area contributed by atoms with Crippen molar-refractivity contribution in [2.75, 3.05) is 0 Å². The zero-order valence-corrected chi connectivity index (χ0v) is 9.51. The van der Waals surface area contributed by atoms with E-state index in [1.165, 1.54) is 6.07 Å². The molecule has 0 heterocycles. The molecule has 0 aliphatic rings. The molecule has 0 amide bonds. The molecule has 0 aliphatic carbocycles. The molecule has 3 N–H and O–H groups in total. The highest BCUT2D eigenvalue weighted by molar-refractivity contribution is 5.80. The molecule has 0 spiro atoms. The van der Waals surface area contributed by atoms with Gasteiger partial charge in [-0.05, 0) is 24.1 Å². The number of para-hydroxylation sites is 1. The molecule has 0 radical (unpaired) electrons. The van der Waals surface area contributed by atoms with Crippen LogP contribution in [0.2, 0.25) is 0 Å². The van der Waals surface area contributed by atoms with Crippen molar-refractivity contribution in [2.45, 2.75) is 13.3 Å². The minimum Gasteiger partial charge on any atom is -0.507 e. The summed E-state index contributed by atoms with van der Waals surface area (Å²) in [5, 5.41) is 29.3. The fourth-order valence-corrected chi connectivity index (χ4v) is 1.90. The summed E-state index contributed by atoms with van der Waals surface area (Å²) in [6.45, 7) is 1.95. The van der Waals surface area contributed by atoms with Gasteiger partial charge in [-0.1, -0.05) is 31.2 Å². The number of hydrogen-bond acceptors (Lipinski definition) is 3. The number of phenolic OH excluding ortho intramolecular Hbond substituents is 3. The lowest BCUT2D eigenvalue weighted by Gasteiger charge is -2.12. The molecule has 88 valence electrons. The summed E-state index contributed by atoms with van der Waals surface area (Å²) in [6.07, 6.45) is 0.706. The van der Waals surface area contributed by atoms with Crippen molar-refractivity contribution in [3.05, 3.63) is 42.0 Å². The molecule has 0 aliphatic heterocycles. The van der Waals surface area contributed by atoms with Gasteiger partial charge in [0.2, 0.25) is 0 Å². The molecule has 3 nitrogen and oxygen atoms in total. The summed E-state index contributed by atoms with van der Waals surface area (Å²) >= 11 is 0. The van der Waals surface area contributed by atoms with Crippen molar-refractivity contribution in [3.63, 3.8) is 0 Å². The number of hydrogen-bond donors (Lipinski definition) is 3. The normalized spacial score (nSPS) is 10.4. The number of phenols is 3. The Bertz CT molecular complexity index is 547. The molecule has 0 atom stereocenters. The summed E-state index contributed by atoms with van der Waals surface area (Å²) < 4.78 is 0. The van der Waals surface area contributed by atoms with E-state index in [0.29, 0.717) is 17.5 Å². The fraction of sp³-hybridized carbons (Fsp3) is 0.143. The molecule has 0 fully saturated rings. The van der Waals surface area contributed by atoms with Crippen LogP contribution < -0.4 is 0 Å². The Morgan fingerprint density at radius 1 is 0.882 bits per heavy atom. The highest BCUT2D eigenvalue weighted by Gasteiger charge is 2.15. The van der Waals surface area contributed by atoms with E-state index >= 15 is 0 Å². The molecule has 2 aromatic rings. The van der Waals surface area contributed by atoms with E-state index in [4.69, 9.17) is 0 Å². The molecule has 0 bridgehead atoms. The van der Waals surface area contributed by atoms with Crippen LogP contribution in [0.15, 0.2) is 36.4 Å². The van der Waals surface area contributed by atoms with Crippen molar-refractivity contribution in [1.29, 1.82) is 0 Å². The molecule has 0 unspecified atom stereocenters. The maximum atomic E-state index is 9.93. The van der Waals surface area contributed by atoms with Gasteiger partial charge in [-0.25, -0.2) is 0 Å². The first-order valence-electron chi connectivity index (χ1n) is 5.47. The van der Waals surface area contributed by atoms with E-state index in [-0.39, 0.29) is 17.2 Å². The van der Waals surface area contributed by atoms with Gasteiger partial charge in [0.25, 0.3) is 0 Å². The lowest BCUT2D eigenvalue weighted by molar-refractivity contribution is 0.404. The molecule has 2 rings (SSSR count). The third kappa shape index (κ3) is 1.91. The van der Waals surface area contributed by atoms with Crippen LogP contribution in [0.5, 0.6) is 17.2 Å². The summed E-state index contributed by atoms with van der Waals surface area (Å²) in [6, 6.07) is 9.96. The molecular weight excluding hydrogens is 216 g/mol. The number of benzene rings is 2. The van der Waals surface area contributed by atoms with Gasteiger partial charge in [0, 0.05) is 11.1 Å². The van der Waals surface area contributed by atoms with Gasteiger partial charge in [-0.2, -0.15) is 0 Å². The predicted molar refractivity (Wildman–Crippen MR) is 66.3 cm³/mol. The second-order valence-corrected chi connectivity index (χ2v) is 3.84. The smallest absolute Gasteiger partial charge is 0.165 e. The monoisotopic (exact) mass is 230 g/mol. The van der Waals surface area contributed by atoms with Crippen LogP contribution in [0.3, 0.4) is 0 Å². The van der Waals surface area contributed by atoms with Crippen molar-refractivity contribution < 1.29 is 15.3 Å². The summed E-state index contributed by atoms with van der Waals surface area (Å²) in [4.78, 5) is 0. The lowest BCUT2D eigenvalue weighted by atomic mass is 9.96. The molecule has 3 heteroatoms. The molecule has 0 aromatic heterocycles. The Morgan fingerprint density at radius 2 is 1.59 bits per heavy atom. The second kappa shape index (κ2) is 4.37. The average Bonchev–Trinajstić information content (AvgIpc) is 2.34. The first kappa shape index (κ1) is 11.3. The summed E-state index contributed by atoms with van der Waals surface area (Å²) in [5.41, 5.74) is 1.89. The van der Waals surface area contributed by atoms with E-state index in [1.807, 2.05) is 6.92 Å². The van der Waals surface area contributed by atoms with E-state index in [2.05, 4.69) is 0 Å². The van der Waals surface area contributed by atoms with Gasteiger partial charge in [0.05, 0.1) is 0 Å². The fourth-order valence-electron chi connectivity index (χ4n) is 1.90. The lowest BCUT2D eigenvalue weighted by Crippen LogP contribution is -1.89. The van der Waals surface area contributed by atoms with Gasteiger partial charge in [0.15, 0.2) is 11.5 Å².